The zero-order valence-electron chi connectivity index (χ0n) is 12.3. The number of benzene rings is 1. The van der Waals surface area contributed by atoms with Crippen LogP contribution in [0.2, 0.25) is 0 Å². The van der Waals surface area contributed by atoms with Crippen LogP contribution in [0.25, 0.3) is 0 Å². The fourth-order valence-electron chi connectivity index (χ4n) is 2.78. The molecule has 0 aliphatic heterocycles. The third-order valence-electron chi connectivity index (χ3n) is 3.95. The van der Waals surface area contributed by atoms with Gasteiger partial charge in [-0.05, 0) is 36.8 Å². The molecule has 0 N–H and O–H groups in total. The van der Waals surface area contributed by atoms with Gasteiger partial charge in [0.15, 0.2) is 0 Å². The van der Waals surface area contributed by atoms with Gasteiger partial charge < -0.3 is 4.74 Å². The molecule has 0 aromatic heterocycles. The molecule has 2 rings (SSSR count). The molecule has 4 heteroatoms. The van der Waals surface area contributed by atoms with Crippen LogP contribution in [0.4, 0.5) is 0 Å². The topological polar surface area (TPSA) is 29.5 Å². The van der Waals surface area contributed by atoms with Crippen molar-refractivity contribution in [3.05, 3.63) is 29.8 Å². The Labute approximate surface area is 125 Å². The molecule has 110 valence electrons. The fraction of sp³-hybridized carbons (Fsp3) is 0.562. The monoisotopic (exact) mass is 293 g/mol. The molecule has 0 heterocycles. The van der Waals surface area contributed by atoms with Gasteiger partial charge in [0, 0.05) is 17.5 Å². The second kappa shape index (κ2) is 7.70. The molecule has 1 fully saturated rings. The summed E-state index contributed by atoms with van der Waals surface area (Å²) in [6, 6.07) is 9.13. The molecule has 1 aliphatic rings. The van der Waals surface area contributed by atoms with E-state index in [-0.39, 0.29) is 5.97 Å². The molecule has 0 amide bonds. The quantitative estimate of drug-likeness (QED) is 0.594. The van der Waals surface area contributed by atoms with Crippen LogP contribution in [0.1, 0.15) is 31.2 Å². The first kappa shape index (κ1) is 15.4. The lowest BCUT2D eigenvalue weighted by molar-refractivity contribution is -0.142. The first-order valence-corrected chi connectivity index (χ1v) is 8.39. The van der Waals surface area contributed by atoms with Crippen LogP contribution in [0.5, 0.6) is 0 Å². The van der Waals surface area contributed by atoms with Crippen LogP contribution < -0.4 is 0 Å². The van der Waals surface area contributed by atoms with Gasteiger partial charge in [0.05, 0.1) is 13.7 Å². The van der Waals surface area contributed by atoms with Gasteiger partial charge in [-0.3, -0.25) is 9.69 Å². The summed E-state index contributed by atoms with van der Waals surface area (Å²) < 4.78 is 4.83. The smallest absolute Gasteiger partial charge is 0.319 e. The van der Waals surface area contributed by atoms with Gasteiger partial charge in [-0.25, -0.2) is 0 Å². The number of ether oxygens (including phenoxy) is 1. The average molecular weight is 293 g/mol. The molecular weight excluding hydrogens is 270 g/mol. The Kier molecular flexibility index (Phi) is 5.92. The van der Waals surface area contributed by atoms with Crippen LogP contribution in [0, 0.1) is 0 Å². The van der Waals surface area contributed by atoms with Crippen LogP contribution in [0.3, 0.4) is 0 Å². The Balaban J connectivity index is 2.03. The van der Waals surface area contributed by atoms with Crippen molar-refractivity contribution in [3.63, 3.8) is 0 Å². The molecule has 1 aromatic carbocycles. The summed E-state index contributed by atoms with van der Waals surface area (Å²) in [5.41, 5.74) is 1.26. The summed E-state index contributed by atoms with van der Waals surface area (Å²) in [5, 5.41) is 0. The van der Waals surface area contributed by atoms with Gasteiger partial charge in [-0.2, -0.15) is 0 Å². The summed E-state index contributed by atoms with van der Waals surface area (Å²) in [6.07, 6.45) is 7.01. The Morgan fingerprint density at radius 3 is 2.50 bits per heavy atom. The average Bonchev–Trinajstić information content (AvgIpc) is 3.01. The van der Waals surface area contributed by atoms with Crippen molar-refractivity contribution >= 4 is 17.7 Å². The Hall–Kier alpha value is -1.00. The van der Waals surface area contributed by atoms with E-state index in [1.807, 2.05) is 0 Å². The van der Waals surface area contributed by atoms with E-state index >= 15 is 0 Å². The van der Waals surface area contributed by atoms with Gasteiger partial charge in [-0.1, -0.05) is 25.0 Å². The normalized spacial score (nSPS) is 15.8. The number of hydrogen-bond donors (Lipinski definition) is 0. The van der Waals surface area contributed by atoms with E-state index in [0.717, 1.165) is 6.54 Å². The molecule has 0 saturated heterocycles. The Morgan fingerprint density at radius 1 is 1.30 bits per heavy atom. The highest BCUT2D eigenvalue weighted by Crippen LogP contribution is 2.25. The second-order valence-corrected chi connectivity index (χ2v) is 6.15. The minimum atomic E-state index is -0.141. The zero-order chi connectivity index (χ0) is 14.4. The van der Waals surface area contributed by atoms with Crippen molar-refractivity contribution in [1.82, 2.24) is 4.90 Å². The first-order valence-electron chi connectivity index (χ1n) is 7.16. The second-order valence-electron chi connectivity index (χ2n) is 5.27. The van der Waals surface area contributed by atoms with Gasteiger partial charge in [0.25, 0.3) is 0 Å². The third kappa shape index (κ3) is 4.25. The molecule has 0 radical (unpaired) electrons. The molecule has 1 aliphatic carbocycles. The van der Waals surface area contributed by atoms with Gasteiger partial charge in [0.1, 0.15) is 0 Å². The molecule has 3 nitrogen and oxygen atoms in total. The third-order valence-corrected chi connectivity index (χ3v) is 4.69. The lowest BCUT2D eigenvalue weighted by atomic mass is 10.1. The number of hydrogen-bond acceptors (Lipinski definition) is 4. The predicted molar refractivity (Wildman–Crippen MR) is 82.9 cm³/mol. The van der Waals surface area contributed by atoms with E-state index in [4.69, 9.17) is 4.74 Å². The number of methoxy groups -OCH3 is 1. The highest BCUT2D eigenvalue weighted by molar-refractivity contribution is 7.98. The summed E-state index contributed by atoms with van der Waals surface area (Å²) in [7, 11) is 1.46. The Bertz CT molecular complexity index is 427. The molecule has 0 unspecified atom stereocenters. The van der Waals surface area contributed by atoms with E-state index in [9.17, 15) is 4.79 Å². The maximum atomic E-state index is 11.6. The lowest BCUT2D eigenvalue weighted by Gasteiger charge is -2.27. The molecule has 0 spiro atoms. The van der Waals surface area contributed by atoms with E-state index < -0.39 is 0 Å². The van der Waals surface area contributed by atoms with Gasteiger partial charge in [0.2, 0.25) is 0 Å². The van der Waals surface area contributed by atoms with Crippen molar-refractivity contribution in [2.75, 3.05) is 19.9 Å². The lowest BCUT2D eigenvalue weighted by Crippen LogP contribution is -2.37. The number of carbonyl (C=O) groups excluding carboxylic acids is 1. The van der Waals surface area contributed by atoms with Crippen molar-refractivity contribution in [2.24, 2.45) is 0 Å². The molecule has 0 atom stereocenters. The molecular formula is C16H23NO2S. The van der Waals surface area contributed by atoms with Crippen molar-refractivity contribution in [2.45, 2.75) is 43.2 Å². The van der Waals surface area contributed by atoms with Crippen LogP contribution >= 0.6 is 11.8 Å². The predicted octanol–water partition coefficient (Wildman–Crippen LogP) is 3.33. The van der Waals surface area contributed by atoms with E-state index in [2.05, 4.69) is 35.4 Å². The van der Waals surface area contributed by atoms with Crippen molar-refractivity contribution in [1.29, 1.82) is 0 Å². The zero-order valence-corrected chi connectivity index (χ0v) is 13.1. The van der Waals surface area contributed by atoms with Crippen LogP contribution in [-0.2, 0) is 16.1 Å². The van der Waals surface area contributed by atoms with Crippen molar-refractivity contribution < 1.29 is 9.53 Å². The van der Waals surface area contributed by atoms with Gasteiger partial charge in [-0.15, -0.1) is 11.8 Å². The maximum Gasteiger partial charge on any atom is 0.319 e. The Morgan fingerprint density at radius 2 is 1.95 bits per heavy atom. The highest BCUT2D eigenvalue weighted by atomic mass is 32.2. The maximum absolute atomic E-state index is 11.6. The van der Waals surface area contributed by atoms with E-state index in [0.29, 0.717) is 12.6 Å². The van der Waals surface area contributed by atoms with Crippen LogP contribution in [0.15, 0.2) is 29.2 Å². The SMILES string of the molecule is COC(=O)CN(Cc1ccc(SC)cc1)C1CCCC1. The molecule has 1 aromatic rings. The number of carbonyl (C=O) groups is 1. The highest BCUT2D eigenvalue weighted by Gasteiger charge is 2.24. The van der Waals surface area contributed by atoms with Gasteiger partial charge >= 0.3 is 5.97 Å². The number of nitrogens with zero attached hydrogens (tertiary/aromatic N) is 1. The minimum Gasteiger partial charge on any atom is -0.468 e. The standard InChI is InChI=1S/C16H23NO2S/c1-19-16(18)12-17(14-5-3-4-6-14)11-13-7-9-15(20-2)10-8-13/h7-10,14H,3-6,11-12H2,1-2H3. The summed E-state index contributed by atoms with van der Waals surface area (Å²) in [6.45, 7) is 1.22. The molecule has 20 heavy (non-hydrogen) atoms. The largest absolute Gasteiger partial charge is 0.468 e. The number of thioether (sulfide) groups is 1. The van der Waals surface area contributed by atoms with Crippen LogP contribution in [-0.4, -0.2) is 36.8 Å². The summed E-state index contributed by atoms with van der Waals surface area (Å²) >= 11 is 1.75. The minimum absolute atomic E-state index is 0.141. The van der Waals surface area contributed by atoms with E-state index in [1.165, 1.54) is 43.3 Å². The van der Waals surface area contributed by atoms with Crippen molar-refractivity contribution in [3.8, 4) is 0 Å². The summed E-state index contributed by atoms with van der Waals surface area (Å²) in [4.78, 5) is 15.1. The number of esters is 1. The number of rotatable bonds is 6. The van der Waals surface area contributed by atoms with E-state index in [1.54, 1.807) is 11.8 Å². The fourth-order valence-corrected chi connectivity index (χ4v) is 3.19. The molecule has 1 saturated carbocycles. The first-order chi connectivity index (χ1) is 9.72. The molecule has 0 bridgehead atoms. The summed E-state index contributed by atoms with van der Waals surface area (Å²) in [5.74, 6) is -0.141.